The summed E-state index contributed by atoms with van der Waals surface area (Å²) < 4.78 is 10.7. The molecular weight excluding hydrogens is 190 g/mol. The lowest BCUT2D eigenvalue weighted by molar-refractivity contribution is 0.0343. The third kappa shape index (κ3) is 2.86. The van der Waals surface area contributed by atoms with Gasteiger partial charge < -0.3 is 14.8 Å². The van der Waals surface area contributed by atoms with Gasteiger partial charge in [0.2, 0.25) is 0 Å². The van der Waals surface area contributed by atoms with E-state index in [4.69, 9.17) is 9.47 Å². The van der Waals surface area contributed by atoms with Crippen molar-refractivity contribution in [3.63, 3.8) is 0 Å². The van der Waals surface area contributed by atoms with Crippen molar-refractivity contribution in [1.82, 2.24) is 0 Å². The first-order valence-corrected chi connectivity index (χ1v) is 5.41. The first-order chi connectivity index (χ1) is 7.38. The van der Waals surface area contributed by atoms with Crippen LogP contribution in [0.4, 0.5) is 5.69 Å². The van der Waals surface area contributed by atoms with Crippen LogP contribution < -0.4 is 10.1 Å². The largest absolute Gasteiger partial charge is 0.497 e. The number of benzene rings is 1. The Labute approximate surface area is 90.4 Å². The maximum absolute atomic E-state index is 5.60. The Morgan fingerprint density at radius 3 is 2.67 bits per heavy atom. The molecule has 2 rings (SSSR count). The third-order valence-electron chi connectivity index (χ3n) is 2.60. The van der Waals surface area contributed by atoms with Gasteiger partial charge in [0.25, 0.3) is 0 Å². The molecule has 1 aliphatic rings. The summed E-state index contributed by atoms with van der Waals surface area (Å²) in [6, 6.07) is 7.92. The van der Waals surface area contributed by atoms with Gasteiger partial charge in [0, 0.05) is 12.3 Å². The van der Waals surface area contributed by atoms with E-state index >= 15 is 0 Å². The second-order valence-corrected chi connectivity index (χ2v) is 3.73. The highest BCUT2D eigenvalue weighted by atomic mass is 16.5. The molecular formula is C12H17NO2. The SMILES string of the molecule is COc1ccc(NC2CCCCO2)cc1. The second-order valence-electron chi connectivity index (χ2n) is 3.73. The summed E-state index contributed by atoms with van der Waals surface area (Å²) in [6.45, 7) is 0.869. The molecule has 1 aliphatic heterocycles. The molecule has 1 fully saturated rings. The Balaban J connectivity index is 1.91. The Bertz CT molecular complexity index is 291. The fourth-order valence-electron chi connectivity index (χ4n) is 1.73. The van der Waals surface area contributed by atoms with Gasteiger partial charge in [0.05, 0.1) is 7.11 Å². The zero-order chi connectivity index (χ0) is 10.5. The summed E-state index contributed by atoms with van der Waals surface area (Å²) in [4.78, 5) is 0. The van der Waals surface area contributed by atoms with Crippen molar-refractivity contribution in [2.45, 2.75) is 25.5 Å². The molecule has 0 aliphatic carbocycles. The second kappa shape index (κ2) is 5.03. The van der Waals surface area contributed by atoms with Crippen LogP contribution in [0.2, 0.25) is 0 Å². The number of nitrogens with one attached hydrogen (secondary N) is 1. The van der Waals surface area contributed by atoms with Crippen LogP contribution in [0, 0.1) is 0 Å². The number of hydrogen-bond acceptors (Lipinski definition) is 3. The lowest BCUT2D eigenvalue weighted by Crippen LogP contribution is -2.27. The summed E-state index contributed by atoms with van der Waals surface area (Å²) in [6.07, 6.45) is 3.69. The van der Waals surface area contributed by atoms with E-state index in [1.165, 1.54) is 12.8 Å². The minimum Gasteiger partial charge on any atom is -0.497 e. The van der Waals surface area contributed by atoms with E-state index in [0.29, 0.717) is 0 Å². The van der Waals surface area contributed by atoms with Crippen molar-refractivity contribution < 1.29 is 9.47 Å². The smallest absolute Gasteiger partial charge is 0.127 e. The van der Waals surface area contributed by atoms with E-state index in [9.17, 15) is 0 Å². The van der Waals surface area contributed by atoms with Crippen LogP contribution in [-0.2, 0) is 4.74 Å². The predicted molar refractivity (Wildman–Crippen MR) is 60.2 cm³/mol. The van der Waals surface area contributed by atoms with Gasteiger partial charge in [-0.2, -0.15) is 0 Å². The maximum atomic E-state index is 5.60. The molecule has 0 bridgehead atoms. The maximum Gasteiger partial charge on any atom is 0.127 e. The molecule has 1 heterocycles. The van der Waals surface area contributed by atoms with Crippen molar-refractivity contribution in [3.05, 3.63) is 24.3 Å². The topological polar surface area (TPSA) is 30.5 Å². The molecule has 1 aromatic rings. The lowest BCUT2D eigenvalue weighted by atomic mass is 10.2. The first kappa shape index (κ1) is 10.3. The number of methoxy groups -OCH3 is 1. The predicted octanol–water partition coefficient (Wildman–Crippen LogP) is 2.63. The van der Waals surface area contributed by atoms with Crippen molar-refractivity contribution in [1.29, 1.82) is 0 Å². The molecule has 1 aromatic carbocycles. The summed E-state index contributed by atoms with van der Waals surface area (Å²) >= 11 is 0. The molecule has 3 nitrogen and oxygen atoms in total. The molecule has 15 heavy (non-hydrogen) atoms. The monoisotopic (exact) mass is 207 g/mol. The average molecular weight is 207 g/mol. The molecule has 0 spiro atoms. The normalized spacial score (nSPS) is 21.0. The highest BCUT2D eigenvalue weighted by Crippen LogP contribution is 2.19. The molecule has 1 N–H and O–H groups in total. The van der Waals surface area contributed by atoms with E-state index in [1.54, 1.807) is 7.11 Å². The van der Waals surface area contributed by atoms with Gasteiger partial charge in [-0.3, -0.25) is 0 Å². The van der Waals surface area contributed by atoms with Crippen molar-refractivity contribution in [2.75, 3.05) is 19.0 Å². The van der Waals surface area contributed by atoms with Gasteiger partial charge in [-0.15, -0.1) is 0 Å². The molecule has 0 saturated carbocycles. The van der Waals surface area contributed by atoms with Crippen LogP contribution in [0.15, 0.2) is 24.3 Å². The minimum absolute atomic E-state index is 0.173. The van der Waals surface area contributed by atoms with Crippen molar-refractivity contribution >= 4 is 5.69 Å². The molecule has 1 atom stereocenters. The number of anilines is 1. The van der Waals surface area contributed by atoms with Crippen LogP contribution in [0.5, 0.6) is 5.75 Å². The first-order valence-electron chi connectivity index (χ1n) is 5.41. The Hall–Kier alpha value is -1.22. The number of hydrogen-bond donors (Lipinski definition) is 1. The molecule has 1 saturated heterocycles. The van der Waals surface area contributed by atoms with Gasteiger partial charge in [-0.05, 0) is 43.5 Å². The molecule has 0 aromatic heterocycles. The quantitative estimate of drug-likeness (QED) is 0.826. The Morgan fingerprint density at radius 1 is 1.27 bits per heavy atom. The standard InChI is InChI=1S/C12H17NO2/c1-14-11-7-5-10(6-8-11)13-12-4-2-3-9-15-12/h5-8,12-13H,2-4,9H2,1H3. The summed E-state index contributed by atoms with van der Waals surface area (Å²) in [5.74, 6) is 0.880. The minimum atomic E-state index is 0.173. The van der Waals surface area contributed by atoms with E-state index in [1.807, 2.05) is 24.3 Å². The summed E-state index contributed by atoms with van der Waals surface area (Å²) in [7, 11) is 1.67. The number of rotatable bonds is 3. The number of ether oxygens (including phenoxy) is 2. The van der Waals surface area contributed by atoms with Gasteiger partial charge >= 0.3 is 0 Å². The molecule has 0 amide bonds. The van der Waals surface area contributed by atoms with Gasteiger partial charge in [-0.25, -0.2) is 0 Å². The van der Waals surface area contributed by atoms with Crippen LogP contribution in [0.3, 0.4) is 0 Å². The molecule has 3 heteroatoms. The fourth-order valence-corrected chi connectivity index (χ4v) is 1.73. The van der Waals surface area contributed by atoms with E-state index in [-0.39, 0.29) is 6.23 Å². The molecule has 1 unspecified atom stereocenters. The van der Waals surface area contributed by atoms with Crippen LogP contribution in [0.25, 0.3) is 0 Å². The van der Waals surface area contributed by atoms with E-state index in [2.05, 4.69) is 5.32 Å². The fraction of sp³-hybridized carbons (Fsp3) is 0.500. The van der Waals surface area contributed by atoms with Gasteiger partial charge in [0.15, 0.2) is 0 Å². The lowest BCUT2D eigenvalue weighted by Gasteiger charge is -2.24. The highest BCUT2D eigenvalue weighted by molar-refractivity contribution is 5.46. The zero-order valence-electron chi connectivity index (χ0n) is 9.03. The average Bonchev–Trinajstić information content (AvgIpc) is 2.31. The van der Waals surface area contributed by atoms with E-state index < -0.39 is 0 Å². The zero-order valence-corrected chi connectivity index (χ0v) is 9.03. The van der Waals surface area contributed by atoms with Crippen molar-refractivity contribution in [2.24, 2.45) is 0 Å². The Morgan fingerprint density at radius 2 is 2.07 bits per heavy atom. The third-order valence-corrected chi connectivity index (χ3v) is 2.60. The molecule has 82 valence electrons. The van der Waals surface area contributed by atoms with Crippen LogP contribution in [0.1, 0.15) is 19.3 Å². The van der Waals surface area contributed by atoms with Gasteiger partial charge in [-0.1, -0.05) is 0 Å². The Kier molecular flexibility index (Phi) is 3.45. The molecule has 0 radical (unpaired) electrons. The highest BCUT2D eigenvalue weighted by Gasteiger charge is 2.12. The van der Waals surface area contributed by atoms with Crippen LogP contribution >= 0.6 is 0 Å². The summed E-state index contributed by atoms with van der Waals surface area (Å²) in [5, 5.41) is 3.35. The van der Waals surface area contributed by atoms with Crippen molar-refractivity contribution in [3.8, 4) is 5.75 Å². The van der Waals surface area contributed by atoms with E-state index in [0.717, 1.165) is 24.5 Å². The summed E-state index contributed by atoms with van der Waals surface area (Å²) in [5.41, 5.74) is 1.09. The van der Waals surface area contributed by atoms with Gasteiger partial charge in [0.1, 0.15) is 12.0 Å². The van der Waals surface area contributed by atoms with Crippen LogP contribution in [-0.4, -0.2) is 19.9 Å².